The van der Waals surface area contributed by atoms with Crippen molar-refractivity contribution in [2.24, 2.45) is 4.99 Å². The Labute approximate surface area is 157 Å². The molecule has 4 rings (SSSR count). The van der Waals surface area contributed by atoms with Gasteiger partial charge in [0.1, 0.15) is 5.82 Å². The Morgan fingerprint density at radius 3 is 2.67 bits per heavy atom. The summed E-state index contributed by atoms with van der Waals surface area (Å²) in [6.07, 6.45) is 1.94. The average molecular weight is 364 g/mol. The zero-order chi connectivity index (χ0) is 19.1. The van der Waals surface area contributed by atoms with Crippen LogP contribution in [-0.4, -0.2) is 21.9 Å². The molecule has 1 aliphatic heterocycles. The summed E-state index contributed by atoms with van der Waals surface area (Å²) >= 11 is 0. The molecule has 0 saturated carbocycles. The van der Waals surface area contributed by atoms with Crippen molar-refractivity contribution in [2.75, 3.05) is 0 Å². The summed E-state index contributed by atoms with van der Waals surface area (Å²) in [5, 5.41) is 10.3. The minimum Gasteiger partial charge on any atom is -0.481 e. The molecule has 0 unspecified atom stereocenters. The molecule has 1 N–H and O–H groups in total. The summed E-state index contributed by atoms with van der Waals surface area (Å²) in [6.45, 7) is 5.26. The van der Waals surface area contributed by atoms with E-state index in [1.165, 1.54) is 12.1 Å². The Hall–Kier alpha value is -2.95. The number of hydrogen-bond acceptors (Lipinski definition) is 2. The first-order valence-corrected chi connectivity index (χ1v) is 9.12. The van der Waals surface area contributed by atoms with Gasteiger partial charge in [0, 0.05) is 34.9 Å². The third kappa shape index (κ3) is 3.03. The maximum atomic E-state index is 13.5. The Kier molecular flexibility index (Phi) is 4.30. The summed E-state index contributed by atoms with van der Waals surface area (Å²) in [5.74, 6) is -0.901. The van der Waals surface area contributed by atoms with Crippen molar-refractivity contribution < 1.29 is 14.3 Å². The smallest absolute Gasteiger partial charge is 0.305 e. The van der Waals surface area contributed by atoms with Gasteiger partial charge in [-0.1, -0.05) is 26.0 Å². The van der Waals surface area contributed by atoms with E-state index < -0.39 is 5.97 Å². The van der Waals surface area contributed by atoms with Crippen LogP contribution < -0.4 is 0 Å². The number of aliphatic imine (C=N–C) groups is 1. The van der Waals surface area contributed by atoms with Crippen LogP contribution >= 0.6 is 0 Å². The van der Waals surface area contributed by atoms with E-state index in [4.69, 9.17) is 0 Å². The quantitative estimate of drug-likeness (QED) is 0.694. The van der Waals surface area contributed by atoms with E-state index in [2.05, 4.69) is 35.5 Å². The highest BCUT2D eigenvalue weighted by molar-refractivity contribution is 6.02. The Balaban J connectivity index is 2.03. The van der Waals surface area contributed by atoms with Crippen molar-refractivity contribution in [1.82, 2.24) is 4.57 Å². The number of nitrogens with zero attached hydrogens (tertiary/aromatic N) is 2. The fraction of sp³-hybridized carbons (Fsp3) is 0.273. The molecule has 0 bridgehead atoms. The van der Waals surface area contributed by atoms with Crippen LogP contribution in [0.1, 0.15) is 43.0 Å². The van der Waals surface area contributed by atoms with E-state index in [1.807, 2.05) is 6.21 Å². The molecule has 2 aromatic carbocycles. The van der Waals surface area contributed by atoms with Crippen LogP contribution in [0.25, 0.3) is 22.0 Å². The van der Waals surface area contributed by atoms with Gasteiger partial charge in [0.2, 0.25) is 0 Å². The highest BCUT2D eigenvalue weighted by Crippen LogP contribution is 2.40. The molecule has 0 fully saturated rings. The Bertz CT molecular complexity index is 1060. The van der Waals surface area contributed by atoms with E-state index in [1.54, 1.807) is 12.1 Å². The van der Waals surface area contributed by atoms with Crippen LogP contribution in [0, 0.1) is 5.82 Å². The molecule has 1 aromatic heterocycles. The van der Waals surface area contributed by atoms with Crippen LogP contribution in [0.5, 0.6) is 0 Å². The molecular weight excluding hydrogens is 343 g/mol. The normalized spacial score (nSPS) is 12.9. The number of benzene rings is 2. The van der Waals surface area contributed by atoms with Gasteiger partial charge < -0.3 is 9.67 Å². The number of carboxylic acids is 1. The predicted molar refractivity (Wildman–Crippen MR) is 105 cm³/mol. The number of fused-ring (bicyclic) bond motifs is 2. The zero-order valence-corrected chi connectivity index (χ0v) is 15.4. The van der Waals surface area contributed by atoms with Crippen LogP contribution in [0.2, 0.25) is 0 Å². The first-order chi connectivity index (χ1) is 13.0. The van der Waals surface area contributed by atoms with Crippen molar-refractivity contribution in [3.63, 3.8) is 0 Å². The lowest BCUT2D eigenvalue weighted by Crippen LogP contribution is -2.09. The summed E-state index contributed by atoms with van der Waals surface area (Å²) < 4.78 is 15.6. The van der Waals surface area contributed by atoms with E-state index >= 15 is 0 Å². The van der Waals surface area contributed by atoms with E-state index in [0.717, 1.165) is 38.9 Å². The second kappa shape index (κ2) is 6.65. The van der Waals surface area contributed by atoms with Crippen LogP contribution in [0.3, 0.4) is 0 Å². The SMILES string of the molecule is CC(C)c1c(-c2ccc(F)cc2)c2cc3c(cc2n1CCC(=O)O)CN=C3. The highest BCUT2D eigenvalue weighted by Gasteiger charge is 2.23. The number of carboxylic acid groups (broad SMARTS) is 1. The van der Waals surface area contributed by atoms with Crippen LogP contribution in [-0.2, 0) is 17.9 Å². The summed E-state index contributed by atoms with van der Waals surface area (Å²) in [5.41, 5.74) is 6.33. The molecule has 0 amide bonds. The van der Waals surface area contributed by atoms with Crippen LogP contribution in [0.4, 0.5) is 4.39 Å². The van der Waals surface area contributed by atoms with Crippen molar-refractivity contribution in [1.29, 1.82) is 0 Å². The van der Waals surface area contributed by atoms with Gasteiger partial charge in [-0.3, -0.25) is 9.79 Å². The molecule has 2 heterocycles. The number of aliphatic carboxylic acids is 1. The topological polar surface area (TPSA) is 54.6 Å². The van der Waals surface area contributed by atoms with E-state index in [-0.39, 0.29) is 18.2 Å². The van der Waals surface area contributed by atoms with Crippen molar-refractivity contribution in [2.45, 2.75) is 39.3 Å². The fourth-order valence-electron chi connectivity index (χ4n) is 3.94. The van der Waals surface area contributed by atoms with Gasteiger partial charge >= 0.3 is 5.97 Å². The number of halogens is 1. The third-order valence-electron chi connectivity index (χ3n) is 5.09. The number of hydrogen-bond donors (Lipinski definition) is 1. The largest absolute Gasteiger partial charge is 0.481 e. The molecule has 1 aliphatic rings. The lowest BCUT2D eigenvalue weighted by molar-refractivity contribution is -0.137. The molecule has 4 nitrogen and oxygen atoms in total. The second-order valence-corrected chi connectivity index (χ2v) is 7.26. The van der Waals surface area contributed by atoms with Gasteiger partial charge in [0.25, 0.3) is 0 Å². The molecule has 5 heteroatoms. The van der Waals surface area contributed by atoms with E-state index in [0.29, 0.717) is 13.1 Å². The molecule has 0 aliphatic carbocycles. The van der Waals surface area contributed by atoms with Gasteiger partial charge in [-0.15, -0.1) is 0 Å². The van der Waals surface area contributed by atoms with Crippen molar-refractivity contribution in [3.8, 4) is 11.1 Å². The van der Waals surface area contributed by atoms with Crippen molar-refractivity contribution in [3.05, 3.63) is 59.0 Å². The van der Waals surface area contributed by atoms with Crippen molar-refractivity contribution >= 4 is 23.1 Å². The maximum absolute atomic E-state index is 13.5. The number of carbonyl (C=O) groups is 1. The Morgan fingerprint density at radius 2 is 2.00 bits per heavy atom. The minimum absolute atomic E-state index is 0.0555. The molecule has 27 heavy (non-hydrogen) atoms. The molecule has 0 radical (unpaired) electrons. The molecule has 0 spiro atoms. The van der Waals surface area contributed by atoms with Gasteiger partial charge in [-0.25, -0.2) is 4.39 Å². The highest BCUT2D eigenvalue weighted by atomic mass is 19.1. The Morgan fingerprint density at radius 1 is 1.26 bits per heavy atom. The summed E-state index contributed by atoms with van der Waals surface area (Å²) in [6, 6.07) is 10.8. The first-order valence-electron chi connectivity index (χ1n) is 9.12. The maximum Gasteiger partial charge on any atom is 0.305 e. The predicted octanol–water partition coefficient (Wildman–Crippen LogP) is 4.98. The molecule has 0 saturated heterocycles. The number of rotatable bonds is 5. The lowest BCUT2D eigenvalue weighted by Gasteiger charge is -2.15. The molecule has 0 atom stereocenters. The van der Waals surface area contributed by atoms with E-state index in [9.17, 15) is 14.3 Å². The fourth-order valence-corrected chi connectivity index (χ4v) is 3.94. The monoisotopic (exact) mass is 364 g/mol. The molecule has 3 aromatic rings. The zero-order valence-electron chi connectivity index (χ0n) is 15.4. The first kappa shape index (κ1) is 17.5. The molecular formula is C22H21FN2O2. The number of aryl methyl sites for hydroxylation is 1. The summed E-state index contributed by atoms with van der Waals surface area (Å²) in [4.78, 5) is 15.6. The molecule has 138 valence electrons. The lowest BCUT2D eigenvalue weighted by atomic mass is 9.95. The van der Waals surface area contributed by atoms with Gasteiger partial charge in [-0.2, -0.15) is 0 Å². The summed E-state index contributed by atoms with van der Waals surface area (Å²) in [7, 11) is 0. The van der Waals surface area contributed by atoms with Gasteiger partial charge in [-0.05, 0) is 46.9 Å². The third-order valence-corrected chi connectivity index (χ3v) is 5.09. The van der Waals surface area contributed by atoms with Crippen LogP contribution in [0.15, 0.2) is 41.4 Å². The standard InChI is InChI=1S/C22H21FN2O2/c1-13(2)22-21(14-3-5-17(23)6-4-14)18-9-15-11-24-12-16(15)10-19(18)25(22)8-7-20(26)27/h3-6,9-11,13H,7-8,12H2,1-2H3,(H,26,27). The second-order valence-electron chi connectivity index (χ2n) is 7.26. The van der Waals surface area contributed by atoms with Gasteiger partial charge in [0.15, 0.2) is 0 Å². The minimum atomic E-state index is -0.820. The van der Waals surface area contributed by atoms with Gasteiger partial charge in [0.05, 0.1) is 13.0 Å². The number of aromatic nitrogens is 1. The average Bonchev–Trinajstić information content (AvgIpc) is 3.20.